The predicted molar refractivity (Wildman–Crippen MR) is 89.9 cm³/mol. The van der Waals surface area contributed by atoms with Crippen molar-refractivity contribution in [3.63, 3.8) is 0 Å². The molecule has 1 amide bonds. The summed E-state index contributed by atoms with van der Waals surface area (Å²) < 4.78 is 5.42. The first-order valence-corrected chi connectivity index (χ1v) is 8.42. The Labute approximate surface area is 133 Å². The number of hydrogen-bond acceptors (Lipinski definition) is 3. The number of benzene rings is 1. The standard InChI is InChI=1S/C18H28N2O2/c1-3-22-14-16-9-8-10-17(13-16)19-18(21)15(2)20-11-6-4-5-7-12-20/h8-10,13,15H,3-7,11-12,14H2,1-2H3,(H,19,21). The van der Waals surface area contributed by atoms with E-state index in [2.05, 4.69) is 10.2 Å². The molecule has 1 unspecified atom stereocenters. The molecule has 22 heavy (non-hydrogen) atoms. The van der Waals surface area contributed by atoms with Crippen LogP contribution in [0.5, 0.6) is 0 Å². The number of hydrogen-bond donors (Lipinski definition) is 1. The third kappa shape index (κ3) is 5.11. The van der Waals surface area contributed by atoms with Crippen LogP contribution in [0.1, 0.15) is 45.1 Å². The van der Waals surface area contributed by atoms with Gasteiger partial charge >= 0.3 is 0 Å². The summed E-state index contributed by atoms with van der Waals surface area (Å²) in [6, 6.07) is 7.82. The number of ether oxygens (including phenoxy) is 1. The molecule has 0 saturated carbocycles. The van der Waals surface area contributed by atoms with Crippen molar-refractivity contribution in [2.45, 2.75) is 52.2 Å². The third-order valence-electron chi connectivity index (χ3n) is 4.24. The Hall–Kier alpha value is -1.39. The van der Waals surface area contributed by atoms with Crippen LogP contribution >= 0.6 is 0 Å². The Kier molecular flexibility index (Phi) is 6.87. The number of carbonyl (C=O) groups is 1. The summed E-state index contributed by atoms with van der Waals surface area (Å²) in [6.07, 6.45) is 4.96. The molecule has 0 bridgehead atoms. The van der Waals surface area contributed by atoms with Gasteiger partial charge in [0.2, 0.25) is 5.91 Å². The lowest BCUT2D eigenvalue weighted by atomic mass is 10.2. The highest BCUT2D eigenvalue weighted by Gasteiger charge is 2.22. The Morgan fingerprint density at radius 2 is 2.00 bits per heavy atom. The average molecular weight is 304 g/mol. The maximum Gasteiger partial charge on any atom is 0.241 e. The summed E-state index contributed by atoms with van der Waals surface area (Å²) >= 11 is 0. The monoisotopic (exact) mass is 304 g/mol. The summed E-state index contributed by atoms with van der Waals surface area (Å²) in [5.41, 5.74) is 1.94. The zero-order chi connectivity index (χ0) is 15.8. The lowest BCUT2D eigenvalue weighted by Gasteiger charge is -2.26. The molecule has 1 heterocycles. The van der Waals surface area contributed by atoms with E-state index in [-0.39, 0.29) is 11.9 Å². The molecule has 4 heteroatoms. The molecular weight excluding hydrogens is 276 g/mol. The summed E-state index contributed by atoms with van der Waals surface area (Å²) in [5.74, 6) is 0.0791. The van der Waals surface area contributed by atoms with Gasteiger partial charge in [0, 0.05) is 12.3 Å². The van der Waals surface area contributed by atoms with E-state index in [1.165, 1.54) is 25.7 Å². The lowest BCUT2D eigenvalue weighted by Crippen LogP contribution is -2.42. The van der Waals surface area contributed by atoms with Crippen molar-refractivity contribution in [1.29, 1.82) is 0 Å². The van der Waals surface area contributed by atoms with E-state index >= 15 is 0 Å². The van der Waals surface area contributed by atoms with Gasteiger partial charge in [-0.3, -0.25) is 9.69 Å². The minimum Gasteiger partial charge on any atom is -0.377 e. The van der Waals surface area contributed by atoms with Gasteiger partial charge in [-0.2, -0.15) is 0 Å². The molecule has 0 spiro atoms. The molecule has 1 aliphatic heterocycles. The van der Waals surface area contributed by atoms with Gasteiger partial charge in [-0.05, 0) is 57.5 Å². The molecule has 4 nitrogen and oxygen atoms in total. The number of amides is 1. The summed E-state index contributed by atoms with van der Waals surface area (Å²) in [6.45, 7) is 7.32. The van der Waals surface area contributed by atoms with Crippen LogP contribution in [0.4, 0.5) is 5.69 Å². The van der Waals surface area contributed by atoms with E-state index < -0.39 is 0 Å². The third-order valence-corrected chi connectivity index (χ3v) is 4.24. The van der Waals surface area contributed by atoms with Crippen LogP contribution in [0.3, 0.4) is 0 Å². The fraction of sp³-hybridized carbons (Fsp3) is 0.611. The van der Waals surface area contributed by atoms with E-state index in [0.29, 0.717) is 13.2 Å². The molecule has 1 atom stereocenters. The first kappa shape index (κ1) is 17.0. The summed E-state index contributed by atoms with van der Waals surface area (Å²) in [4.78, 5) is 14.8. The van der Waals surface area contributed by atoms with Crippen LogP contribution in [0.15, 0.2) is 24.3 Å². The zero-order valence-electron chi connectivity index (χ0n) is 13.8. The Morgan fingerprint density at radius 3 is 2.68 bits per heavy atom. The lowest BCUT2D eigenvalue weighted by molar-refractivity contribution is -0.120. The second-order valence-electron chi connectivity index (χ2n) is 5.95. The number of nitrogens with zero attached hydrogens (tertiary/aromatic N) is 1. The molecule has 1 aliphatic rings. The van der Waals surface area contributed by atoms with Gasteiger partial charge in [-0.15, -0.1) is 0 Å². The molecule has 1 aromatic carbocycles. The Morgan fingerprint density at radius 1 is 1.27 bits per heavy atom. The topological polar surface area (TPSA) is 41.6 Å². The number of likely N-dealkylation sites (tertiary alicyclic amines) is 1. The van der Waals surface area contributed by atoms with E-state index in [9.17, 15) is 4.79 Å². The molecule has 0 aromatic heterocycles. The van der Waals surface area contributed by atoms with Crippen LogP contribution in [0, 0.1) is 0 Å². The number of carbonyl (C=O) groups excluding carboxylic acids is 1. The molecule has 0 radical (unpaired) electrons. The SMILES string of the molecule is CCOCc1cccc(NC(=O)C(C)N2CCCCCC2)c1. The highest BCUT2D eigenvalue weighted by Crippen LogP contribution is 2.15. The van der Waals surface area contributed by atoms with Crippen LogP contribution in [0.2, 0.25) is 0 Å². The van der Waals surface area contributed by atoms with Gasteiger partial charge in [0.15, 0.2) is 0 Å². The van der Waals surface area contributed by atoms with Crippen molar-refractivity contribution in [2.24, 2.45) is 0 Å². The number of anilines is 1. The first-order chi connectivity index (χ1) is 10.7. The normalized spacial score (nSPS) is 17.7. The van der Waals surface area contributed by atoms with Crippen LogP contribution in [0.25, 0.3) is 0 Å². The van der Waals surface area contributed by atoms with E-state index in [1.54, 1.807) is 0 Å². The minimum atomic E-state index is -0.0753. The highest BCUT2D eigenvalue weighted by atomic mass is 16.5. The van der Waals surface area contributed by atoms with Crippen molar-refractivity contribution in [2.75, 3.05) is 25.0 Å². The van der Waals surface area contributed by atoms with Crippen LogP contribution in [-0.4, -0.2) is 36.5 Å². The molecule has 122 valence electrons. The van der Waals surface area contributed by atoms with E-state index in [1.807, 2.05) is 38.1 Å². The minimum absolute atomic E-state index is 0.0753. The number of nitrogens with one attached hydrogen (secondary N) is 1. The first-order valence-electron chi connectivity index (χ1n) is 8.42. The van der Waals surface area contributed by atoms with Crippen molar-refractivity contribution < 1.29 is 9.53 Å². The van der Waals surface area contributed by atoms with Crippen LogP contribution < -0.4 is 5.32 Å². The van der Waals surface area contributed by atoms with Gasteiger partial charge in [-0.25, -0.2) is 0 Å². The molecule has 1 fully saturated rings. The zero-order valence-corrected chi connectivity index (χ0v) is 13.8. The van der Waals surface area contributed by atoms with Crippen molar-refractivity contribution in [3.8, 4) is 0 Å². The molecule has 1 aromatic rings. The van der Waals surface area contributed by atoms with Gasteiger partial charge in [0.1, 0.15) is 0 Å². The molecule has 2 rings (SSSR count). The van der Waals surface area contributed by atoms with E-state index in [4.69, 9.17) is 4.74 Å². The van der Waals surface area contributed by atoms with Crippen LogP contribution in [-0.2, 0) is 16.1 Å². The Balaban J connectivity index is 1.92. The predicted octanol–water partition coefficient (Wildman–Crippen LogP) is 3.43. The maximum absolute atomic E-state index is 12.5. The van der Waals surface area contributed by atoms with Gasteiger partial charge < -0.3 is 10.1 Å². The highest BCUT2D eigenvalue weighted by molar-refractivity contribution is 5.94. The quantitative estimate of drug-likeness (QED) is 0.875. The summed E-state index contributed by atoms with van der Waals surface area (Å²) in [5, 5.41) is 3.04. The fourth-order valence-electron chi connectivity index (χ4n) is 2.85. The molecular formula is C18H28N2O2. The largest absolute Gasteiger partial charge is 0.377 e. The summed E-state index contributed by atoms with van der Waals surface area (Å²) in [7, 11) is 0. The molecule has 1 saturated heterocycles. The molecule has 1 N–H and O–H groups in total. The van der Waals surface area contributed by atoms with Gasteiger partial charge in [-0.1, -0.05) is 25.0 Å². The maximum atomic E-state index is 12.5. The van der Waals surface area contributed by atoms with Crippen molar-refractivity contribution in [1.82, 2.24) is 4.90 Å². The second-order valence-corrected chi connectivity index (χ2v) is 5.95. The van der Waals surface area contributed by atoms with Gasteiger partial charge in [0.25, 0.3) is 0 Å². The smallest absolute Gasteiger partial charge is 0.241 e. The molecule has 0 aliphatic carbocycles. The van der Waals surface area contributed by atoms with E-state index in [0.717, 1.165) is 24.3 Å². The Bertz CT molecular complexity index is 468. The average Bonchev–Trinajstić information content (AvgIpc) is 2.81. The fourth-order valence-corrected chi connectivity index (χ4v) is 2.85. The van der Waals surface area contributed by atoms with Crippen molar-refractivity contribution >= 4 is 11.6 Å². The van der Waals surface area contributed by atoms with Gasteiger partial charge in [0.05, 0.1) is 12.6 Å². The number of rotatable bonds is 6. The second kappa shape index (κ2) is 8.91. The van der Waals surface area contributed by atoms with Crippen molar-refractivity contribution in [3.05, 3.63) is 29.8 Å².